The van der Waals surface area contributed by atoms with Crippen LogP contribution in [0.4, 0.5) is 0 Å². The van der Waals surface area contributed by atoms with E-state index in [9.17, 15) is 8.42 Å². The van der Waals surface area contributed by atoms with Gasteiger partial charge in [-0.05, 0) is 31.0 Å². The predicted molar refractivity (Wildman–Crippen MR) is 118 cm³/mol. The molecule has 2 N–H and O–H groups in total. The summed E-state index contributed by atoms with van der Waals surface area (Å²) in [5.74, 6) is 0.811. The second-order valence-electron chi connectivity index (χ2n) is 5.59. The number of sulfone groups is 1. The number of benzene rings is 2. The number of hydrogen-bond donors (Lipinski definition) is 2. The molecule has 7 heteroatoms. The third kappa shape index (κ3) is 7.74. The van der Waals surface area contributed by atoms with Gasteiger partial charge in [0.15, 0.2) is 15.8 Å². The highest BCUT2D eigenvalue weighted by molar-refractivity contribution is 14.0. The van der Waals surface area contributed by atoms with Gasteiger partial charge >= 0.3 is 0 Å². The van der Waals surface area contributed by atoms with Crippen molar-refractivity contribution in [2.24, 2.45) is 4.99 Å². The fourth-order valence-corrected chi connectivity index (χ4v) is 3.64. The van der Waals surface area contributed by atoms with E-state index in [1.54, 1.807) is 24.3 Å². The maximum Gasteiger partial charge on any atom is 0.191 e. The average molecular weight is 487 g/mol. The molecule has 0 saturated carbocycles. The van der Waals surface area contributed by atoms with Crippen LogP contribution in [0.5, 0.6) is 0 Å². The Labute approximate surface area is 173 Å². The molecule has 0 fully saturated rings. The highest BCUT2D eigenvalue weighted by atomic mass is 127. The second-order valence-corrected chi connectivity index (χ2v) is 7.70. The van der Waals surface area contributed by atoms with Crippen molar-refractivity contribution in [3.8, 4) is 0 Å². The van der Waals surface area contributed by atoms with E-state index in [0.717, 1.165) is 12.1 Å². The van der Waals surface area contributed by atoms with Gasteiger partial charge in [-0.1, -0.05) is 48.5 Å². The average Bonchev–Trinajstić information content (AvgIpc) is 2.64. The van der Waals surface area contributed by atoms with E-state index in [4.69, 9.17) is 0 Å². The lowest BCUT2D eigenvalue weighted by Crippen LogP contribution is -2.38. The minimum Gasteiger partial charge on any atom is -0.357 e. The standard InChI is InChI=1S/C19H25N3O2S.HI/c1-2-20-19(22-16-17-10-5-3-6-11-17)21-14-9-15-25(23,24)18-12-7-4-8-13-18;/h3-8,10-13H,2,9,14-16H2,1H3,(H2,20,21,22);1H. The minimum atomic E-state index is -3.23. The Hall–Kier alpha value is -1.61. The largest absolute Gasteiger partial charge is 0.357 e. The molecule has 2 rings (SSSR count). The monoisotopic (exact) mass is 487 g/mol. The number of nitrogens with zero attached hydrogens (tertiary/aromatic N) is 1. The van der Waals surface area contributed by atoms with Crippen LogP contribution in [-0.2, 0) is 16.4 Å². The van der Waals surface area contributed by atoms with Crippen LogP contribution in [0.1, 0.15) is 18.9 Å². The van der Waals surface area contributed by atoms with Crippen molar-refractivity contribution < 1.29 is 8.42 Å². The number of guanidine groups is 1. The molecule has 0 aromatic heterocycles. The highest BCUT2D eigenvalue weighted by Crippen LogP contribution is 2.10. The number of halogens is 1. The summed E-state index contributed by atoms with van der Waals surface area (Å²) in [6, 6.07) is 18.6. The molecule has 0 aliphatic heterocycles. The quantitative estimate of drug-likeness (QED) is 0.260. The fourth-order valence-electron chi connectivity index (χ4n) is 2.31. The number of rotatable bonds is 8. The molecule has 0 spiro atoms. The molecule has 0 radical (unpaired) electrons. The second kappa shape index (κ2) is 11.9. The van der Waals surface area contributed by atoms with Crippen molar-refractivity contribution in [3.05, 3.63) is 66.2 Å². The van der Waals surface area contributed by atoms with Gasteiger partial charge in [-0.2, -0.15) is 0 Å². The summed E-state index contributed by atoms with van der Waals surface area (Å²) in [5, 5.41) is 6.36. The van der Waals surface area contributed by atoms with Gasteiger partial charge in [0.05, 0.1) is 17.2 Å². The van der Waals surface area contributed by atoms with E-state index in [-0.39, 0.29) is 29.7 Å². The van der Waals surface area contributed by atoms with Gasteiger partial charge in [0, 0.05) is 13.1 Å². The third-order valence-corrected chi connectivity index (χ3v) is 5.41. The molecule has 0 heterocycles. The molecule has 0 atom stereocenters. The molecule has 26 heavy (non-hydrogen) atoms. The van der Waals surface area contributed by atoms with Gasteiger partial charge in [-0.15, -0.1) is 24.0 Å². The molecule has 0 bridgehead atoms. The first-order chi connectivity index (χ1) is 12.1. The molecule has 0 saturated heterocycles. The Morgan fingerprint density at radius 2 is 1.58 bits per heavy atom. The van der Waals surface area contributed by atoms with Crippen LogP contribution < -0.4 is 10.6 Å². The summed E-state index contributed by atoms with van der Waals surface area (Å²) in [7, 11) is -3.23. The number of aliphatic imine (C=N–C) groups is 1. The molecule has 2 aromatic carbocycles. The lowest BCUT2D eigenvalue weighted by Gasteiger charge is -2.11. The third-order valence-electron chi connectivity index (χ3n) is 3.59. The maximum absolute atomic E-state index is 12.2. The van der Waals surface area contributed by atoms with Crippen LogP contribution in [0.3, 0.4) is 0 Å². The Balaban J connectivity index is 0.00000338. The van der Waals surface area contributed by atoms with Crippen molar-refractivity contribution in [1.29, 1.82) is 0 Å². The van der Waals surface area contributed by atoms with Crippen LogP contribution in [0.15, 0.2) is 70.6 Å². The normalized spacial score (nSPS) is 11.5. The first-order valence-electron chi connectivity index (χ1n) is 8.46. The molecule has 142 valence electrons. The first kappa shape index (κ1) is 22.4. The zero-order chi connectivity index (χ0) is 18.0. The van der Waals surface area contributed by atoms with Crippen LogP contribution in [0.25, 0.3) is 0 Å². The van der Waals surface area contributed by atoms with E-state index in [2.05, 4.69) is 15.6 Å². The topological polar surface area (TPSA) is 70.6 Å². The van der Waals surface area contributed by atoms with Gasteiger partial charge in [0.2, 0.25) is 0 Å². The molecule has 0 amide bonds. The van der Waals surface area contributed by atoms with Crippen LogP contribution in [-0.4, -0.2) is 33.2 Å². The summed E-state index contributed by atoms with van der Waals surface area (Å²) in [6.07, 6.45) is 0.521. The molecule has 0 aliphatic carbocycles. The molecule has 0 aliphatic rings. The fraction of sp³-hybridized carbons (Fsp3) is 0.316. The Morgan fingerprint density at radius 3 is 2.19 bits per heavy atom. The van der Waals surface area contributed by atoms with Gasteiger partial charge in [-0.25, -0.2) is 13.4 Å². The van der Waals surface area contributed by atoms with Gasteiger partial charge < -0.3 is 10.6 Å². The Bertz CT molecular complexity index is 766. The van der Waals surface area contributed by atoms with E-state index >= 15 is 0 Å². The summed E-state index contributed by atoms with van der Waals surface area (Å²) in [5.41, 5.74) is 1.13. The van der Waals surface area contributed by atoms with Crippen LogP contribution in [0, 0.1) is 0 Å². The SMILES string of the molecule is CCNC(=NCc1ccccc1)NCCCS(=O)(=O)c1ccccc1.I. The zero-order valence-corrected chi connectivity index (χ0v) is 18.0. The highest BCUT2D eigenvalue weighted by Gasteiger charge is 2.13. The number of nitrogens with one attached hydrogen (secondary N) is 2. The van der Waals surface area contributed by atoms with E-state index in [0.29, 0.717) is 30.4 Å². The van der Waals surface area contributed by atoms with Crippen LogP contribution >= 0.6 is 24.0 Å². The molecule has 2 aromatic rings. The smallest absolute Gasteiger partial charge is 0.191 e. The van der Waals surface area contributed by atoms with Gasteiger partial charge in [0.25, 0.3) is 0 Å². The van der Waals surface area contributed by atoms with Crippen molar-refractivity contribution in [1.82, 2.24) is 10.6 Å². The van der Waals surface area contributed by atoms with Crippen molar-refractivity contribution in [3.63, 3.8) is 0 Å². The lowest BCUT2D eigenvalue weighted by molar-refractivity contribution is 0.592. The Kier molecular flexibility index (Phi) is 10.3. The maximum atomic E-state index is 12.2. The minimum absolute atomic E-state index is 0. The summed E-state index contributed by atoms with van der Waals surface area (Å²) < 4.78 is 24.5. The van der Waals surface area contributed by atoms with Crippen molar-refractivity contribution in [2.45, 2.75) is 24.8 Å². The van der Waals surface area contributed by atoms with Gasteiger partial charge in [-0.3, -0.25) is 0 Å². The molecule has 0 unspecified atom stereocenters. The predicted octanol–water partition coefficient (Wildman–Crippen LogP) is 3.22. The first-order valence-corrected chi connectivity index (χ1v) is 10.1. The molecular weight excluding hydrogens is 461 g/mol. The molecule has 5 nitrogen and oxygen atoms in total. The van der Waals surface area contributed by atoms with E-state index in [1.165, 1.54) is 0 Å². The number of hydrogen-bond acceptors (Lipinski definition) is 3. The summed E-state index contributed by atoms with van der Waals surface area (Å²) >= 11 is 0. The Morgan fingerprint density at radius 1 is 0.962 bits per heavy atom. The zero-order valence-electron chi connectivity index (χ0n) is 14.9. The van der Waals surface area contributed by atoms with Crippen molar-refractivity contribution >= 4 is 39.8 Å². The van der Waals surface area contributed by atoms with Crippen molar-refractivity contribution in [2.75, 3.05) is 18.8 Å². The van der Waals surface area contributed by atoms with E-state index in [1.807, 2.05) is 43.3 Å². The summed E-state index contributed by atoms with van der Waals surface area (Å²) in [4.78, 5) is 4.90. The molecular formula is C19H26IN3O2S. The van der Waals surface area contributed by atoms with E-state index < -0.39 is 9.84 Å². The van der Waals surface area contributed by atoms with Crippen LogP contribution in [0.2, 0.25) is 0 Å². The van der Waals surface area contributed by atoms with Gasteiger partial charge in [0.1, 0.15) is 0 Å². The summed E-state index contributed by atoms with van der Waals surface area (Å²) in [6.45, 7) is 3.88. The lowest BCUT2D eigenvalue weighted by atomic mass is 10.2.